The molecule has 2 rings (SSSR count). The molecular formula is C16H15ClINO2. The average molecular weight is 416 g/mol. The molecule has 21 heavy (non-hydrogen) atoms. The molecule has 0 spiro atoms. The van der Waals surface area contributed by atoms with E-state index in [4.69, 9.17) is 16.3 Å². The molecule has 1 N–H and O–H groups in total. The van der Waals surface area contributed by atoms with E-state index in [1.807, 2.05) is 36.4 Å². The van der Waals surface area contributed by atoms with Gasteiger partial charge in [0, 0.05) is 15.0 Å². The first-order valence-corrected chi connectivity index (χ1v) is 7.92. The molecule has 5 heteroatoms. The van der Waals surface area contributed by atoms with Crippen LogP contribution in [0.3, 0.4) is 0 Å². The lowest BCUT2D eigenvalue weighted by Gasteiger charge is -2.08. The molecule has 0 aliphatic carbocycles. The molecule has 0 fully saturated rings. The largest absolute Gasteiger partial charge is 0.497 e. The molecule has 3 nitrogen and oxygen atoms in total. The summed E-state index contributed by atoms with van der Waals surface area (Å²) in [5, 5.41) is 3.56. The van der Waals surface area contributed by atoms with Crippen molar-refractivity contribution in [2.24, 2.45) is 0 Å². The van der Waals surface area contributed by atoms with E-state index in [-0.39, 0.29) is 5.91 Å². The summed E-state index contributed by atoms with van der Waals surface area (Å²) in [4.78, 5) is 12.0. The van der Waals surface area contributed by atoms with Gasteiger partial charge in [-0.2, -0.15) is 0 Å². The first kappa shape index (κ1) is 16.1. The second-order valence-electron chi connectivity index (χ2n) is 4.52. The second-order valence-corrected chi connectivity index (χ2v) is 6.12. The topological polar surface area (TPSA) is 38.3 Å². The van der Waals surface area contributed by atoms with Gasteiger partial charge >= 0.3 is 0 Å². The van der Waals surface area contributed by atoms with Crippen LogP contribution in [0.5, 0.6) is 5.75 Å². The van der Waals surface area contributed by atoms with Crippen LogP contribution in [-0.4, -0.2) is 13.0 Å². The Bertz CT molecular complexity index is 629. The highest BCUT2D eigenvalue weighted by molar-refractivity contribution is 14.1. The Morgan fingerprint density at radius 2 is 1.95 bits per heavy atom. The van der Waals surface area contributed by atoms with Gasteiger partial charge < -0.3 is 10.1 Å². The number of ether oxygens (including phenoxy) is 1. The van der Waals surface area contributed by atoms with Gasteiger partial charge in [-0.1, -0.05) is 23.7 Å². The molecule has 0 unspecified atom stereocenters. The van der Waals surface area contributed by atoms with Gasteiger partial charge in [0.05, 0.1) is 12.8 Å². The summed E-state index contributed by atoms with van der Waals surface area (Å²) in [5.41, 5.74) is 1.90. The third kappa shape index (κ3) is 4.89. The highest BCUT2D eigenvalue weighted by atomic mass is 127. The lowest BCUT2D eigenvalue weighted by Crippen LogP contribution is -2.13. The van der Waals surface area contributed by atoms with Crippen LogP contribution in [0.25, 0.3) is 0 Å². The Kier molecular flexibility index (Phi) is 5.87. The van der Waals surface area contributed by atoms with Crippen LogP contribution in [0.4, 0.5) is 5.69 Å². The van der Waals surface area contributed by atoms with Gasteiger partial charge in [0.25, 0.3) is 0 Å². The van der Waals surface area contributed by atoms with E-state index in [0.717, 1.165) is 20.6 Å². The van der Waals surface area contributed by atoms with Gasteiger partial charge in [0.15, 0.2) is 0 Å². The van der Waals surface area contributed by atoms with Crippen LogP contribution in [-0.2, 0) is 11.2 Å². The zero-order valence-electron chi connectivity index (χ0n) is 11.5. The quantitative estimate of drug-likeness (QED) is 0.729. The fourth-order valence-corrected chi connectivity index (χ4v) is 2.86. The first-order chi connectivity index (χ1) is 10.1. The van der Waals surface area contributed by atoms with Crippen LogP contribution >= 0.6 is 34.2 Å². The molecule has 110 valence electrons. The third-order valence-corrected chi connectivity index (χ3v) is 4.13. The number of carbonyl (C=O) groups excluding carboxylic acids is 1. The zero-order valence-corrected chi connectivity index (χ0v) is 14.4. The number of anilines is 1. The van der Waals surface area contributed by atoms with Crippen molar-refractivity contribution < 1.29 is 9.53 Å². The molecule has 0 atom stereocenters. The van der Waals surface area contributed by atoms with Crippen LogP contribution in [0.15, 0.2) is 42.5 Å². The second kappa shape index (κ2) is 7.66. The number of aryl methyl sites for hydroxylation is 1. The molecule has 2 aromatic carbocycles. The lowest BCUT2D eigenvalue weighted by atomic mass is 10.1. The van der Waals surface area contributed by atoms with E-state index in [1.165, 1.54) is 0 Å². The van der Waals surface area contributed by atoms with Crippen LogP contribution < -0.4 is 10.1 Å². The summed E-state index contributed by atoms with van der Waals surface area (Å²) in [5.74, 6) is 0.810. The van der Waals surface area contributed by atoms with Crippen molar-refractivity contribution in [3.05, 3.63) is 56.6 Å². The number of benzene rings is 2. The maximum atomic E-state index is 12.0. The Morgan fingerprint density at radius 3 is 2.57 bits per heavy atom. The minimum atomic E-state index is -0.00828. The summed E-state index contributed by atoms with van der Waals surface area (Å²) < 4.78 is 6.03. The molecule has 0 aromatic heterocycles. The number of halogens is 2. The maximum Gasteiger partial charge on any atom is 0.224 e. The van der Waals surface area contributed by atoms with Gasteiger partial charge in [0.1, 0.15) is 5.75 Å². The zero-order chi connectivity index (χ0) is 15.2. The van der Waals surface area contributed by atoms with Crippen molar-refractivity contribution in [1.29, 1.82) is 0 Å². The highest BCUT2D eigenvalue weighted by Crippen LogP contribution is 2.22. The van der Waals surface area contributed by atoms with E-state index in [0.29, 0.717) is 17.9 Å². The smallest absolute Gasteiger partial charge is 0.224 e. The first-order valence-electron chi connectivity index (χ1n) is 6.46. The van der Waals surface area contributed by atoms with Gasteiger partial charge in [-0.05, 0) is 64.9 Å². The molecule has 0 saturated carbocycles. The predicted molar refractivity (Wildman–Crippen MR) is 94.1 cm³/mol. The Labute approximate surface area is 142 Å². The summed E-state index contributed by atoms with van der Waals surface area (Å²) in [6, 6.07) is 13.1. The van der Waals surface area contributed by atoms with Gasteiger partial charge in [-0.25, -0.2) is 0 Å². The van der Waals surface area contributed by atoms with E-state index in [2.05, 4.69) is 27.9 Å². The van der Waals surface area contributed by atoms with Crippen molar-refractivity contribution in [1.82, 2.24) is 0 Å². The number of hydrogen-bond donors (Lipinski definition) is 1. The van der Waals surface area contributed by atoms with Crippen molar-refractivity contribution in [2.75, 3.05) is 12.4 Å². The molecule has 0 heterocycles. The highest BCUT2D eigenvalue weighted by Gasteiger charge is 2.06. The molecule has 2 aromatic rings. The van der Waals surface area contributed by atoms with Crippen molar-refractivity contribution in [3.8, 4) is 5.75 Å². The Balaban J connectivity index is 1.89. The summed E-state index contributed by atoms with van der Waals surface area (Å²) >= 11 is 8.05. The van der Waals surface area contributed by atoms with E-state index < -0.39 is 0 Å². The molecule has 1 amide bonds. The van der Waals surface area contributed by atoms with Crippen LogP contribution in [0.2, 0.25) is 5.02 Å². The maximum absolute atomic E-state index is 12.0. The standard InChI is InChI=1S/C16H15ClINO2/c1-21-13-6-2-11(3-7-13)4-9-16(20)19-15-8-5-12(17)10-14(15)18/h2-3,5-8,10H,4,9H2,1H3,(H,19,20). The molecule has 0 radical (unpaired) electrons. The minimum absolute atomic E-state index is 0.00828. The third-order valence-electron chi connectivity index (χ3n) is 3.01. The predicted octanol–water partition coefficient (Wildman–Crippen LogP) is 4.52. The van der Waals surface area contributed by atoms with E-state index in [1.54, 1.807) is 13.2 Å². The monoisotopic (exact) mass is 415 g/mol. The number of carbonyl (C=O) groups is 1. The van der Waals surface area contributed by atoms with Gasteiger partial charge in [0.2, 0.25) is 5.91 Å². The summed E-state index contributed by atoms with van der Waals surface area (Å²) in [6.07, 6.45) is 1.13. The number of nitrogens with one attached hydrogen (secondary N) is 1. The molecule has 0 saturated heterocycles. The lowest BCUT2D eigenvalue weighted by molar-refractivity contribution is -0.116. The van der Waals surface area contributed by atoms with Crippen molar-refractivity contribution >= 4 is 45.8 Å². The SMILES string of the molecule is COc1ccc(CCC(=O)Nc2ccc(Cl)cc2I)cc1. The summed E-state index contributed by atoms with van der Waals surface area (Å²) in [6.45, 7) is 0. The van der Waals surface area contributed by atoms with E-state index >= 15 is 0 Å². The van der Waals surface area contributed by atoms with Gasteiger partial charge in [-0.3, -0.25) is 4.79 Å². The van der Waals surface area contributed by atoms with Crippen molar-refractivity contribution in [3.63, 3.8) is 0 Å². The number of rotatable bonds is 5. The fourth-order valence-electron chi connectivity index (χ4n) is 1.85. The van der Waals surface area contributed by atoms with Gasteiger partial charge in [-0.15, -0.1) is 0 Å². The van der Waals surface area contributed by atoms with Crippen LogP contribution in [0, 0.1) is 3.57 Å². The number of amides is 1. The number of methoxy groups -OCH3 is 1. The molecular weight excluding hydrogens is 401 g/mol. The Morgan fingerprint density at radius 1 is 1.24 bits per heavy atom. The Hall–Kier alpha value is -1.27. The van der Waals surface area contributed by atoms with E-state index in [9.17, 15) is 4.79 Å². The molecule has 0 aliphatic rings. The molecule has 0 aliphatic heterocycles. The summed E-state index contributed by atoms with van der Waals surface area (Å²) in [7, 11) is 1.64. The fraction of sp³-hybridized carbons (Fsp3) is 0.188. The normalized spacial score (nSPS) is 10.2. The van der Waals surface area contributed by atoms with Crippen LogP contribution in [0.1, 0.15) is 12.0 Å². The molecule has 0 bridgehead atoms. The number of hydrogen-bond acceptors (Lipinski definition) is 2. The average Bonchev–Trinajstić information content (AvgIpc) is 2.48. The minimum Gasteiger partial charge on any atom is -0.497 e. The van der Waals surface area contributed by atoms with Crippen molar-refractivity contribution in [2.45, 2.75) is 12.8 Å².